The van der Waals surface area contributed by atoms with Crippen LogP contribution in [0, 0.1) is 5.41 Å². The molecule has 1 aromatic carbocycles. The summed E-state index contributed by atoms with van der Waals surface area (Å²) in [7, 11) is 0. The van der Waals surface area contributed by atoms with Crippen molar-refractivity contribution in [3.8, 4) is 5.75 Å². The lowest BCUT2D eigenvalue weighted by Crippen LogP contribution is -2.46. The lowest BCUT2D eigenvalue weighted by molar-refractivity contribution is -0.274. The van der Waals surface area contributed by atoms with Gasteiger partial charge in [0.15, 0.2) is 0 Å². The predicted molar refractivity (Wildman–Crippen MR) is 138 cm³/mol. The zero-order chi connectivity index (χ0) is 27.7. The van der Waals surface area contributed by atoms with E-state index in [1.165, 1.54) is 18.5 Å². The maximum atomic E-state index is 13.8. The van der Waals surface area contributed by atoms with Crippen LogP contribution < -0.4 is 15.8 Å². The largest absolute Gasteiger partial charge is 0.573 e. The molecule has 2 amide bonds. The number of nitrogens with zero attached hydrogens (tertiary/aromatic N) is 5. The van der Waals surface area contributed by atoms with Gasteiger partial charge in [-0.3, -0.25) is 9.59 Å². The third kappa shape index (κ3) is 4.51. The minimum absolute atomic E-state index is 0.0510. The summed E-state index contributed by atoms with van der Waals surface area (Å²) in [5, 5.41) is 3.41. The van der Waals surface area contributed by atoms with Gasteiger partial charge in [-0.2, -0.15) is 0 Å². The van der Waals surface area contributed by atoms with E-state index in [4.69, 9.17) is 5.73 Å². The van der Waals surface area contributed by atoms with Crippen molar-refractivity contribution in [2.45, 2.75) is 44.8 Å². The van der Waals surface area contributed by atoms with Crippen molar-refractivity contribution in [3.05, 3.63) is 47.3 Å². The van der Waals surface area contributed by atoms with Crippen LogP contribution in [0.15, 0.2) is 47.3 Å². The summed E-state index contributed by atoms with van der Waals surface area (Å²) >= 11 is 3.28. The third-order valence-corrected chi connectivity index (χ3v) is 7.80. The predicted octanol–water partition coefficient (Wildman–Crippen LogP) is 4.24. The molecule has 0 radical (unpaired) electrons. The van der Waals surface area contributed by atoms with Crippen molar-refractivity contribution >= 4 is 61.3 Å². The highest BCUT2D eigenvalue weighted by molar-refractivity contribution is 9.10. The number of hydrogen-bond acceptors (Lipinski definition) is 7. The molecule has 4 heterocycles. The maximum absolute atomic E-state index is 13.8. The number of hydrogen-bond donors (Lipinski definition) is 2. The molecule has 1 aliphatic carbocycles. The Kier molecular flexibility index (Phi) is 5.72. The molecule has 14 heteroatoms. The number of fused-ring (bicyclic) bond motifs is 4. The Balaban J connectivity index is 1.34. The van der Waals surface area contributed by atoms with Crippen LogP contribution >= 0.6 is 15.9 Å². The van der Waals surface area contributed by atoms with E-state index < -0.39 is 18.2 Å². The lowest BCUT2D eigenvalue weighted by atomic mass is 10.0. The molecule has 3 N–H and O–H groups in total. The van der Waals surface area contributed by atoms with Crippen molar-refractivity contribution in [3.63, 3.8) is 0 Å². The number of carbonyl (C=O) groups excluding carboxylic acids is 2. The van der Waals surface area contributed by atoms with Crippen molar-refractivity contribution < 1.29 is 27.5 Å². The van der Waals surface area contributed by atoms with E-state index in [9.17, 15) is 22.8 Å². The normalized spacial score (nSPS) is 22.2. The van der Waals surface area contributed by atoms with Gasteiger partial charge in [-0.25, -0.2) is 15.0 Å². The Morgan fingerprint density at radius 2 is 2.03 bits per heavy atom. The highest BCUT2D eigenvalue weighted by Gasteiger charge is 2.64. The topological polar surface area (TPSA) is 128 Å². The number of ether oxygens (including phenoxy) is 1. The second kappa shape index (κ2) is 8.79. The van der Waals surface area contributed by atoms with Gasteiger partial charge in [0.05, 0.1) is 10.9 Å². The molecule has 2 aliphatic rings. The molecule has 1 unspecified atom stereocenters. The quantitative estimate of drug-likeness (QED) is 0.326. The van der Waals surface area contributed by atoms with Gasteiger partial charge in [0.2, 0.25) is 11.8 Å². The van der Waals surface area contributed by atoms with Gasteiger partial charge in [0.25, 0.3) is 0 Å². The van der Waals surface area contributed by atoms with Gasteiger partial charge in [0, 0.05) is 11.4 Å². The number of carbonyl (C=O) groups is 2. The Hall–Kier alpha value is -3.94. The molecule has 3 atom stereocenters. The first-order valence-electron chi connectivity index (χ1n) is 12.0. The summed E-state index contributed by atoms with van der Waals surface area (Å²) in [5.41, 5.74) is 6.62. The summed E-state index contributed by atoms with van der Waals surface area (Å²) in [5.74, 6) is -0.691. The van der Waals surface area contributed by atoms with E-state index >= 15 is 0 Å². The first-order chi connectivity index (χ1) is 18.4. The van der Waals surface area contributed by atoms with Crippen LogP contribution in [-0.2, 0) is 16.1 Å². The Labute approximate surface area is 227 Å². The van der Waals surface area contributed by atoms with Gasteiger partial charge in [-0.1, -0.05) is 13.0 Å². The number of anilines is 2. The van der Waals surface area contributed by atoms with Gasteiger partial charge in [-0.05, 0) is 64.5 Å². The van der Waals surface area contributed by atoms with E-state index in [0.29, 0.717) is 33.1 Å². The van der Waals surface area contributed by atoms with Gasteiger partial charge in [0.1, 0.15) is 46.5 Å². The van der Waals surface area contributed by atoms with Crippen LogP contribution in [0.5, 0.6) is 5.75 Å². The fourth-order valence-corrected chi connectivity index (χ4v) is 5.88. The third-order valence-electron chi connectivity index (χ3n) is 7.36. The molecule has 202 valence electrons. The second-order valence-electron chi connectivity index (χ2n) is 10.0. The number of likely N-dealkylation sites (tertiary alicyclic amines) is 1. The molecule has 10 nitrogen and oxygen atoms in total. The number of pyridine rings is 1. The van der Waals surface area contributed by atoms with E-state index in [1.807, 2.05) is 6.92 Å². The van der Waals surface area contributed by atoms with Crippen LogP contribution in [0.4, 0.5) is 24.8 Å². The highest BCUT2D eigenvalue weighted by atomic mass is 79.9. The summed E-state index contributed by atoms with van der Waals surface area (Å²) in [6.07, 6.45) is -2.38. The van der Waals surface area contributed by atoms with E-state index in [-0.39, 0.29) is 41.3 Å². The molecule has 1 saturated carbocycles. The van der Waals surface area contributed by atoms with Crippen LogP contribution in [0.1, 0.15) is 19.8 Å². The zero-order valence-electron chi connectivity index (χ0n) is 20.4. The summed E-state index contributed by atoms with van der Waals surface area (Å²) in [4.78, 5) is 41.1. The number of alkyl halides is 3. The number of nitrogen functional groups attached to an aromatic ring is 1. The molecule has 4 aromatic rings. The molecule has 2 fully saturated rings. The molecule has 6 rings (SSSR count). The molecule has 0 bridgehead atoms. The Morgan fingerprint density at radius 3 is 2.77 bits per heavy atom. The smallest absolute Gasteiger partial charge is 0.406 e. The number of rotatable bonds is 5. The molecular weight excluding hydrogens is 583 g/mol. The standard InChI is InChI=1S/C25H21BrF3N7O3/c1-24-8-15(23(38)34-18-4-2-3-17(26)33-18)36(16(24)9-24)19(37)10-35-14-6-5-12(39-25(27,28)29)7-13(14)20-21(30)31-11-32-22(20)35/h2-7,11,15-16H,8-10H2,1H3,(H2,30,31,32)(H,33,34,38)/t15-,16?,24-/m0/s1. The summed E-state index contributed by atoms with van der Waals surface area (Å²) in [6.45, 7) is 1.83. The van der Waals surface area contributed by atoms with Gasteiger partial charge < -0.3 is 25.3 Å². The Bertz CT molecular complexity index is 1660. The molecular formula is C25H21BrF3N7O3. The van der Waals surface area contributed by atoms with Crippen LogP contribution in [0.25, 0.3) is 21.9 Å². The SMILES string of the molecule is C[C@]12CC1N(C(=O)Cn1c3ccc(OC(F)(F)F)cc3c3c(N)ncnc31)[C@H](C(=O)Nc1cccc(Br)n1)C2. The van der Waals surface area contributed by atoms with Gasteiger partial charge >= 0.3 is 6.36 Å². The number of piperidine rings is 1. The van der Waals surface area contributed by atoms with Gasteiger partial charge in [-0.15, -0.1) is 13.2 Å². The lowest BCUT2D eigenvalue weighted by Gasteiger charge is -2.27. The van der Waals surface area contributed by atoms with Crippen LogP contribution in [0.3, 0.4) is 0 Å². The van der Waals surface area contributed by atoms with E-state index in [2.05, 4.69) is 40.9 Å². The average Bonchev–Trinajstić information content (AvgIpc) is 3.26. The minimum atomic E-state index is -4.88. The van der Waals surface area contributed by atoms with Crippen molar-refractivity contribution in [1.29, 1.82) is 0 Å². The molecule has 0 spiro atoms. The highest BCUT2D eigenvalue weighted by Crippen LogP contribution is 2.59. The average molecular weight is 604 g/mol. The van der Waals surface area contributed by atoms with E-state index in [1.54, 1.807) is 27.7 Å². The fourth-order valence-electron chi connectivity index (χ4n) is 5.54. The van der Waals surface area contributed by atoms with Crippen molar-refractivity contribution in [1.82, 2.24) is 24.4 Å². The van der Waals surface area contributed by atoms with Crippen LogP contribution in [0.2, 0.25) is 0 Å². The molecule has 1 saturated heterocycles. The maximum Gasteiger partial charge on any atom is 0.573 e. The summed E-state index contributed by atoms with van der Waals surface area (Å²) < 4.78 is 44.8. The fraction of sp³-hybridized carbons (Fsp3) is 0.320. The molecule has 39 heavy (non-hydrogen) atoms. The monoisotopic (exact) mass is 603 g/mol. The number of amides is 2. The Morgan fingerprint density at radius 1 is 1.23 bits per heavy atom. The van der Waals surface area contributed by atoms with E-state index in [0.717, 1.165) is 12.5 Å². The number of aromatic nitrogens is 4. The number of halogens is 4. The second-order valence-corrected chi connectivity index (χ2v) is 10.8. The number of benzene rings is 1. The number of nitrogens with two attached hydrogens (primary N) is 1. The number of nitrogens with one attached hydrogen (secondary N) is 1. The first-order valence-corrected chi connectivity index (χ1v) is 12.8. The minimum Gasteiger partial charge on any atom is -0.406 e. The molecule has 3 aromatic heterocycles. The van der Waals surface area contributed by atoms with Crippen LogP contribution in [-0.4, -0.2) is 54.7 Å². The van der Waals surface area contributed by atoms with Crippen molar-refractivity contribution in [2.24, 2.45) is 5.41 Å². The van der Waals surface area contributed by atoms with Crippen molar-refractivity contribution in [2.75, 3.05) is 11.1 Å². The first kappa shape index (κ1) is 25.3. The summed E-state index contributed by atoms with van der Waals surface area (Å²) in [6, 6.07) is 8.10. The molecule has 1 aliphatic heterocycles. The zero-order valence-corrected chi connectivity index (χ0v) is 22.0.